The Bertz CT molecular complexity index is 293. The Morgan fingerprint density at radius 2 is 2.50 bits per heavy atom. The molecule has 1 aromatic rings. The Kier molecular flexibility index (Phi) is 0.974. The van der Waals surface area contributed by atoms with Crippen molar-refractivity contribution in [3.05, 3.63) is 29.1 Å². The van der Waals surface area contributed by atoms with Crippen LogP contribution in [0.4, 0.5) is 5.82 Å². The first-order valence-electron chi connectivity index (χ1n) is 3.11. The molecule has 1 aliphatic heterocycles. The Hall–Kier alpha value is -1.38. The molecule has 3 heteroatoms. The van der Waals surface area contributed by atoms with Crippen LogP contribution < -0.4 is 0 Å². The minimum absolute atomic E-state index is 0.544. The summed E-state index contributed by atoms with van der Waals surface area (Å²) in [6.07, 6.45) is 3.92. The first-order chi connectivity index (χ1) is 4.88. The summed E-state index contributed by atoms with van der Waals surface area (Å²) in [5.41, 5.74) is 1.01. The van der Waals surface area contributed by atoms with E-state index in [4.69, 9.17) is 0 Å². The van der Waals surface area contributed by atoms with E-state index in [0.29, 0.717) is 12.2 Å². The molecule has 1 aliphatic rings. The predicted molar refractivity (Wildman–Crippen MR) is 37.3 cm³/mol. The number of hydrogen-bond donors (Lipinski definition) is 0. The largest absolute Gasteiger partial charge is 0.711 e. The van der Waals surface area contributed by atoms with Gasteiger partial charge < -0.3 is 5.21 Å². The zero-order chi connectivity index (χ0) is 6.97. The minimum atomic E-state index is 0.544. The molecule has 2 heterocycles. The average molecular weight is 134 g/mol. The molecule has 0 atom stereocenters. The number of rotatable bonds is 0. The molecule has 0 radical (unpaired) electrons. The molecule has 0 amide bonds. The Morgan fingerprint density at radius 3 is 3.30 bits per heavy atom. The van der Waals surface area contributed by atoms with Crippen molar-refractivity contribution in [2.24, 2.45) is 0 Å². The summed E-state index contributed by atoms with van der Waals surface area (Å²) < 4.78 is 0.815. The van der Waals surface area contributed by atoms with Gasteiger partial charge in [0.2, 0.25) is 0 Å². The van der Waals surface area contributed by atoms with Crippen molar-refractivity contribution in [2.45, 2.75) is 6.42 Å². The second kappa shape index (κ2) is 1.80. The third-order valence-electron chi connectivity index (χ3n) is 1.55. The maximum absolute atomic E-state index is 10.9. The summed E-state index contributed by atoms with van der Waals surface area (Å²) in [5, 5.41) is 10.9. The standard InChI is InChI=1S/C7H6N2O/c10-9-5-3-6-2-1-4-8-7(6)9/h1-2,4-5H,3H2. The molecule has 3 nitrogen and oxygen atoms in total. The summed E-state index contributed by atoms with van der Waals surface area (Å²) in [6.45, 7) is 0. The molecule has 1 aromatic heterocycles. The van der Waals surface area contributed by atoms with Crippen molar-refractivity contribution in [3.63, 3.8) is 0 Å². The topological polar surface area (TPSA) is 39.0 Å². The van der Waals surface area contributed by atoms with Crippen LogP contribution in [0.25, 0.3) is 0 Å². The van der Waals surface area contributed by atoms with Gasteiger partial charge in [-0.05, 0) is 17.1 Å². The summed E-state index contributed by atoms with van der Waals surface area (Å²) in [7, 11) is 0. The van der Waals surface area contributed by atoms with E-state index in [1.807, 2.05) is 12.1 Å². The summed E-state index contributed by atoms with van der Waals surface area (Å²) in [6, 6.07) is 3.75. The van der Waals surface area contributed by atoms with E-state index < -0.39 is 0 Å². The monoisotopic (exact) mass is 134 g/mol. The molecular weight excluding hydrogens is 128 g/mol. The zero-order valence-corrected chi connectivity index (χ0v) is 5.32. The molecule has 0 aromatic carbocycles. The van der Waals surface area contributed by atoms with Crippen molar-refractivity contribution in [2.75, 3.05) is 0 Å². The maximum Gasteiger partial charge on any atom is 0.329 e. The van der Waals surface area contributed by atoms with Crippen molar-refractivity contribution in [3.8, 4) is 0 Å². The van der Waals surface area contributed by atoms with E-state index in [9.17, 15) is 5.21 Å². The van der Waals surface area contributed by atoms with Crippen LogP contribution in [0.1, 0.15) is 5.56 Å². The molecule has 0 N–H and O–H groups in total. The maximum atomic E-state index is 10.9. The SMILES string of the molecule is [O-][N+]1=CCc2cccnc21. The summed E-state index contributed by atoms with van der Waals surface area (Å²) in [4.78, 5) is 3.92. The lowest BCUT2D eigenvalue weighted by Gasteiger charge is -1.98. The number of aromatic nitrogens is 1. The quantitative estimate of drug-likeness (QED) is 0.389. The van der Waals surface area contributed by atoms with Crippen LogP contribution in [0.15, 0.2) is 18.3 Å². The van der Waals surface area contributed by atoms with Crippen molar-refractivity contribution in [1.82, 2.24) is 4.98 Å². The van der Waals surface area contributed by atoms with E-state index in [2.05, 4.69) is 4.98 Å². The highest BCUT2D eigenvalue weighted by atomic mass is 16.5. The first kappa shape index (κ1) is 5.41. The van der Waals surface area contributed by atoms with Crippen LogP contribution in [0.5, 0.6) is 0 Å². The first-order valence-corrected chi connectivity index (χ1v) is 3.11. The molecule has 50 valence electrons. The van der Waals surface area contributed by atoms with E-state index in [1.165, 1.54) is 0 Å². The van der Waals surface area contributed by atoms with Gasteiger partial charge in [-0.25, -0.2) is 4.74 Å². The molecule has 2 rings (SSSR count). The molecule has 0 spiro atoms. The summed E-state index contributed by atoms with van der Waals surface area (Å²) >= 11 is 0. The highest BCUT2D eigenvalue weighted by Crippen LogP contribution is 2.18. The normalized spacial score (nSPS) is 14.6. The summed E-state index contributed by atoms with van der Waals surface area (Å²) in [5.74, 6) is 0.544. The fraction of sp³-hybridized carbons (Fsp3) is 0.143. The smallest absolute Gasteiger partial charge is 0.329 e. The second-order valence-corrected chi connectivity index (χ2v) is 2.20. The number of nitrogens with zero attached hydrogens (tertiary/aromatic N) is 2. The molecule has 0 fully saturated rings. The van der Waals surface area contributed by atoms with Crippen LogP contribution in [0, 0.1) is 5.21 Å². The van der Waals surface area contributed by atoms with Gasteiger partial charge >= 0.3 is 5.82 Å². The number of fused-ring (bicyclic) bond motifs is 1. The van der Waals surface area contributed by atoms with Crippen LogP contribution in [-0.2, 0) is 6.42 Å². The molecule has 0 unspecified atom stereocenters. The lowest BCUT2D eigenvalue weighted by atomic mass is 10.2. The van der Waals surface area contributed by atoms with Gasteiger partial charge in [-0.15, -0.1) is 0 Å². The third kappa shape index (κ3) is 0.603. The zero-order valence-electron chi connectivity index (χ0n) is 5.32. The van der Waals surface area contributed by atoms with Gasteiger partial charge in [-0.2, -0.15) is 0 Å². The second-order valence-electron chi connectivity index (χ2n) is 2.20. The predicted octanol–water partition coefficient (Wildman–Crippen LogP) is 0.850. The highest BCUT2D eigenvalue weighted by molar-refractivity contribution is 5.65. The van der Waals surface area contributed by atoms with E-state index in [1.54, 1.807) is 12.4 Å². The molecule has 10 heavy (non-hydrogen) atoms. The molecule has 0 aliphatic carbocycles. The minimum Gasteiger partial charge on any atom is -0.711 e. The Morgan fingerprint density at radius 1 is 1.60 bits per heavy atom. The van der Waals surface area contributed by atoms with Gasteiger partial charge in [0.25, 0.3) is 0 Å². The van der Waals surface area contributed by atoms with Crippen LogP contribution in [0.3, 0.4) is 0 Å². The number of hydrogen-bond acceptors (Lipinski definition) is 2. The van der Waals surface area contributed by atoms with Crippen LogP contribution >= 0.6 is 0 Å². The van der Waals surface area contributed by atoms with Gasteiger partial charge in [0.05, 0.1) is 11.8 Å². The lowest BCUT2D eigenvalue weighted by Crippen LogP contribution is -1.91. The lowest BCUT2D eigenvalue weighted by molar-refractivity contribution is -0.356. The van der Waals surface area contributed by atoms with Gasteiger partial charge in [0, 0.05) is 6.42 Å². The molecule has 0 bridgehead atoms. The van der Waals surface area contributed by atoms with Crippen molar-refractivity contribution < 1.29 is 4.74 Å². The third-order valence-corrected chi connectivity index (χ3v) is 1.55. The van der Waals surface area contributed by atoms with Gasteiger partial charge in [-0.3, -0.25) is 0 Å². The Labute approximate surface area is 58.2 Å². The average Bonchev–Trinajstić information content (AvgIpc) is 2.34. The van der Waals surface area contributed by atoms with E-state index in [0.717, 1.165) is 10.3 Å². The number of pyridine rings is 1. The van der Waals surface area contributed by atoms with Gasteiger partial charge in [-0.1, -0.05) is 0 Å². The van der Waals surface area contributed by atoms with Crippen LogP contribution in [0.2, 0.25) is 0 Å². The Balaban J connectivity index is 2.61. The highest BCUT2D eigenvalue weighted by Gasteiger charge is 2.15. The molecular formula is C7H6N2O. The van der Waals surface area contributed by atoms with E-state index in [-0.39, 0.29) is 0 Å². The fourth-order valence-electron chi connectivity index (χ4n) is 1.06. The van der Waals surface area contributed by atoms with Crippen molar-refractivity contribution in [1.29, 1.82) is 0 Å². The fourth-order valence-corrected chi connectivity index (χ4v) is 1.06. The van der Waals surface area contributed by atoms with Gasteiger partial charge in [0.15, 0.2) is 0 Å². The van der Waals surface area contributed by atoms with E-state index >= 15 is 0 Å². The molecule has 0 saturated heterocycles. The van der Waals surface area contributed by atoms with Crippen molar-refractivity contribution >= 4 is 12.0 Å². The van der Waals surface area contributed by atoms with Gasteiger partial charge in [0.1, 0.15) is 6.20 Å². The molecule has 0 saturated carbocycles. The van der Waals surface area contributed by atoms with Crippen LogP contribution in [-0.4, -0.2) is 15.9 Å².